The smallest absolute Gasteiger partial charge is 0.243 e. The van der Waals surface area contributed by atoms with Crippen LogP contribution in [0.3, 0.4) is 0 Å². The number of amides is 2. The largest absolute Gasteiger partial charge is 0.326 e. The zero-order valence-corrected chi connectivity index (χ0v) is 13.7. The fourth-order valence-corrected chi connectivity index (χ4v) is 2.56. The second-order valence-corrected chi connectivity index (χ2v) is 5.59. The molecule has 0 unspecified atom stereocenters. The highest BCUT2D eigenvalue weighted by atomic mass is 16.5. The van der Waals surface area contributed by atoms with Gasteiger partial charge in [0.15, 0.2) is 0 Å². The van der Waals surface area contributed by atoms with Gasteiger partial charge in [0.1, 0.15) is 0 Å². The summed E-state index contributed by atoms with van der Waals surface area (Å²) in [5.41, 5.74) is 4.31. The molecule has 126 valence electrons. The van der Waals surface area contributed by atoms with Crippen LogP contribution in [0.5, 0.6) is 0 Å². The zero-order valence-electron chi connectivity index (χ0n) is 13.7. The van der Waals surface area contributed by atoms with E-state index in [1.54, 1.807) is 5.48 Å². The van der Waals surface area contributed by atoms with E-state index < -0.39 is 5.91 Å². The van der Waals surface area contributed by atoms with Crippen molar-refractivity contribution in [3.63, 3.8) is 0 Å². The second-order valence-electron chi connectivity index (χ2n) is 5.59. The number of rotatable bonds is 7. The van der Waals surface area contributed by atoms with Crippen LogP contribution in [-0.4, -0.2) is 17.0 Å². The van der Waals surface area contributed by atoms with Crippen molar-refractivity contribution in [2.24, 2.45) is 0 Å². The van der Waals surface area contributed by atoms with E-state index in [-0.39, 0.29) is 18.2 Å². The maximum absolute atomic E-state index is 12.5. The van der Waals surface area contributed by atoms with Gasteiger partial charge >= 0.3 is 0 Å². The topological polar surface area (TPSA) is 78.4 Å². The molecule has 0 aromatic heterocycles. The van der Waals surface area contributed by atoms with E-state index in [0.29, 0.717) is 6.42 Å². The van der Waals surface area contributed by atoms with Crippen molar-refractivity contribution >= 4 is 17.5 Å². The van der Waals surface area contributed by atoms with E-state index in [4.69, 9.17) is 5.21 Å². The number of hydroxylamine groups is 1. The van der Waals surface area contributed by atoms with Crippen LogP contribution in [-0.2, 0) is 16.0 Å². The third-order valence-electron chi connectivity index (χ3n) is 3.91. The molecule has 3 N–H and O–H groups in total. The molecule has 0 saturated carbocycles. The maximum atomic E-state index is 12.5. The standard InChI is InChI=1S/C19H22N2O3/c1-2-17(15-6-4-3-5-7-15)19(23)20-16-11-8-14(9-12-16)10-13-18(22)21-24/h3-9,11-12,17,24H,2,10,13H2,1H3,(H,20,23)(H,21,22)/t17-/m0/s1. The average molecular weight is 326 g/mol. The van der Waals surface area contributed by atoms with Gasteiger partial charge in [-0.3, -0.25) is 14.8 Å². The fraction of sp³-hybridized carbons (Fsp3) is 0.263. The van der Waals surface area contributed by atoms with Gasteiger partial charge in [-0.15, -0.1) is 0 Å². The van der Waals surface area contributed by atoms with E-state index in [1.807, 2.05) is 61.5 Å². The Morgan fingerprint density at radius 2 is 1.71 bits per heavy atom. The van der Waals surface area contributed by atoms with E-state index in [1.165, 1.54) is 0 Å². The van der Waals surface area contributed by atoms with Crippen molar-refractivity contribution in [1.29, 1.82) is 0 Å². The summed E-state index contributed by atoms with van der Waals surface area (Å²) in [5, 5.41) is 11.4. The minimum atomic E-state index is -0.416. The van der Waals surface area contributed by atoms with Crippen LogP contribution < -0.4 is 10.8 Å². The van der Waals surface area contributed by atoms with Crippen LogP contribution >= 0.6 is 0 Å². The lowest BCUT2D eigenvalue weighted by Crippen LogP contribution is -2.20. The Balaban J connectivity index is 1.97. The van der Waals surface area contributed by atoms with Crippen molar-refractivity contribution in [2.45, 2.75) is 32.1 Å². The Labute approximate surface area is 141 Å². The van der Waals surface area contributed by atoms with Crippen molar-refractivity contribution in [2.75, 3.05) is 5.32 Å². The number of hydrogen-bond donors (Lipinski definition) is 3. The maximum Gasteiger partial charge on any atom is 0.243 e. The van der Waals surface area contributed by atoms with E-state index in [0.717, 1.165) is 23.2 Å². The number of aryl methyl sites for hydroxylation is 1. The van der Waals surface area contributed by atoms with Crippen LogP contribution in [0, 0.1) is 0 Å². The predicted octanol–water partition coefficient (Wildman–Crippen LogP) is 3.26. The molecule has 0 aliphatic carbocycles. The monoisotopic (exact) mass is 326 g/mol. The molecule has 0 aliphatic rings. The number of benzene rings is 2. The number of carbonyl (C=O) groups is 2. The minimum absolute atomic E-state index is 0.0314. The summed E-state index contributed by atoms with van der Waals surface area (Å²) in [4.78, 5) is 23.5. The lowest BCUT2D eigenvalue weighted by atomic mass is 9.95. The van der Waals surface area contributed by atoms with E-state index in [2.05, 4.69) is 5.32 Å². The third kappa shape index (κ3) is 4.93. The van der Waals surface area contributed by atoms with E-state index in [9.17, 15) is 9.59 Å². The summed E-state index contributed by atoms with van der Waals surface area (Å²) in [5.74, 6) is -0.628. The quantitative estimate of drug-likeness (QED) is 0.540. The molecule has 24 heavy (non-hydrogen) atoms. The molecule has 5 nitrogen and oxygen atoms in total. The lowest BCUT2D eigenvalue weighted by Gasteiger charge is -2.15. The zero-order chi connectivity index (χ0) is 17.4. The molecular formula is C19H22N2O3. The van der Waals surface area contributed by atoms with Gasteiger partial charge in [0.05, 0.1) is 5.92 Å². The second kappa shape index (κ2) is 8.84. The summed E-state index contributed by atoms with van der Waals surface area (Å²) in [6.45, 7) is 1.99. The summed E-state index contributed by atoms with van der Waals surface area (Å²) in [6, 6.07) is 17.1. The number of carbonyl (C=O) groups excluding carboxylic acids is 2. The van der Waals surface area contributed by atoms with Gasteiger partial charge in [0.25, 0.3) is 0 Å². The molecule has 5 heteroatoms. The molecule has 0 saturated heterocycles. The molecule has 0 radical (unpaired) electrons. The van der Waals surface area contributed by atoms with Crippen LogP contribution in [0.1, 0.15) is 36.8 Å². The Morgan fingerprint density at radius 3 is 2.29 bits per heavy atom. The van der Waals surface area contributed by atoms with Gasteiger partial charge < -0.3 is 5.32 Å². The number of anilines is 1. The van der Waals surface area contributed by atoms with Crippen molar-refractivity contribution in [1.82, 2.24) is 5.48 Å². The molecule has 0 heterocycles. The van der Waals surface area contributed by atoms with Crippen LogP contribution in [0.15, 0.2) is 54.6 Å². The van der Waals surface area contributed by atoms with Gasteiger partial charge in [-0.1, -0.05) is 49.4 Å². The first-order valence-electron chi connectivity index (χ1n) is 8.01. The molecule has 2 rings (SSSR count). The molecule has 2 amide bonds. The highest BCUT2D eigenvalue weighted by Crippen LogP contribution is 2.21. The van der Waals surface area contributed by atoms with Gasteiger partial charge in [-0.25, -0.2) is 5.48 Å². The lowest BCUT2D eigenvalue weighted by molar-refractivity contribution is -0.129. The molecular weight excluding hydrogens is 304 g/mol. The minimum Gasteiger partial charge on any atom is -0.326 e. The molecule has 2 aromatic carbocycles. The Hall–Kier alpha value is -2.66. The number of hydrogen-bond acceptors (Lipinski definition) is 3. The van der Waals surface area contributed by atoms with Gasteiger partial charge in [0.2, 0.25) is 11.8 Å². The summed E-state index contributed by atoms with van der Waals surface area (Å²) < 4.78 is 0. The van der Waals surface area contributed by atoms with E-state index >= 15 is 0 Å². The first kappa shape index (κ1) is 17.7. The summed E-state index contributed by atoms with van der Waals surface area (Å²) >= 11 is 0. The molecule has 0 spiro atoms. The Bertz CT molecular complexity index is 669. The third-order valence-corrected chi connectivity index (χ3v) is 3.91. The number of nitrogens with one attached hydrogen (secondary N) is 2. The predicted molar refractivity (Wildman–Crippen MR) is 92.8 cm³/mol. The SMILES string of the molecule is CC[C@H](C(=O)Nc1ccc(CCC(=O)NO)cc1)c1ccccc1. The van der Waals surface area contributed by atoms with Crippen LogP contribution in [0.4, 0.5) is 5.69 Å². The van der Waals surface area contributed by atoms with Crippen molar-refractivity contribution in [3.8, 4) is 0 Å². The fourth-order valence-electron chi connectivity index (χ4n) is 2.56. The summed E-state index contributed by atoms with van der Waals surface area (Å²) in [7, 11) is 0. The first-order chi connectivity index (χ1) is 11.6. The molecule has 2 aromatic rings. The van der Waals surface area contributed by atoms with Gasteiger partial charge in [-0.2, -0.15) is 0 Å². The molecule has 1 atom stereocenters. The Morgan fingerprint density at radius 1 is 1.04 bits per heavy atom. The molecule has 0 bridgehead atoms. The first-order valence-corrected chi connectivity index (χ1v) is 8.01. The van der Waals surface area contributed by atoms with Crippen LogP contribution in [0.25, 0.3) is 0 Å². The normalized spacial score (nSPS) is 11.6. The van der Waals surface area contributed by atoms with Gasteiger partial charge in [-0.05, 0) is 36.1 Å². The van der Waals surface area contributed by atoms with Crippen LogP contribution in [0.2, 0.25) is 0 Å². The molecule has 0 fully saturated rings. The highest BCUT2D eigenvalue weighted by Gasteiger charge is 2.18. The van der Waals surface area contributed by atoms with Crippen molar-refractivity contribution in [3.05, 3.63) is 65.7 Å². The van der Waals surface area contributed by atoms with Crippen molar-refractivity contribution < 1.29 is 14.8 Å². The average Bonchev–Trinajstić information content (AvgIpc) is 2.62. The summed E-state index contributed by atoms with van der Waals surface area (Å²) in [6.07, 6.45) is 1.47. The molecule has 0 aliphatic heterocycles. The van der Waals surface area contributed by atoms with Gasteiger partial charge in [0, 0.05) is 12.1 Å². The Kier molecular flexibility index (Phi) is 6.51. The highest BCUT2D eigenvalue weighted by molar-refractivity contribution is 5.95.